The van der Waals surface area contributed by atoms with Crippen LogP contribution in [0.2, 0.25) is 0 Å². The fourth-order valence-corrected chi connectivity index (χ4v) is 2.24. The van der Waals surface area contributed by atoms with Gasteiger partial charge in [-0.25, -0.2) is 0 Å². The van der Waals surface area contributed by atoms with E-state index in [4.69, 9.17) is 9.47 Å². The van der Waals surface area contributed by atoms with Crippen molar-refractivity contribution in [3.63, 3.8) is 0 Å². The summed E-state index contributed by atoms with van der Waals surface area (Å²) in [4.78, 5) is 0. The molecule has 0 bridgehead atoms. The van der Waals surface area contributed by atoms with Crippen LogP contribution in [-0.2, 0) is 9.47 Å². The van der Waals surface area contributed by atoms with Crippen LogP contribution in [0.3, 0.4) is 0 Å². The van der Waals surface area contributed by atoms with Crippen molar-refractivity contribution in [1.29, 1.82) is 0 Å². The SMILES string of the molecule is CCCNCC(CCCOCCOC)c1ccccc1. The molecule has 0 saturated carbocycles. The molecule has 0 aliphatic heterocycles. The van der Waals surface area contributed by atoms with Gasteiger partial charge in [0.1, 0.15) is 0 Å². The number of hydrogen-bond donors (Lipinski definition) is 1. The number of benzene rings is 1. The van der Waals surface area contributed by atoms with Gasteiger partial charge in [-0.15, -0.1) is 0 Å². The van der Waals surface area contributed by atoms with Gasteiger partial charge in [-0.3, -0.25) is 0 Å². The van der Waals surface area contributed by atoms with Crippen molar-refractivity contribution >= 4 is 0 Å². The zero-order chi connectivity index (χ0) is 14.5. The Morgan fingerprint density at radius 1 is 1.10 bits per heavy atom. The Kier molecular flexibility index (Phi) is 10.2. The minimum Gasteiger partial charge on any atom is -0.382 e. The van der Waals surface area contributed by atoms with Gasteiger partial charge >= 0.3 is 0 Å². The molecule has 0 aliphatic rings. The van der Waals surface area contributed by atoms with Gasteiger partial charge in [0.2, 0.25) is 0 Å². The molecular formula is C17H29NO2. The van der Waals surface area contributed by atoms with Crippen molar-refractivity contribution in [2.45, 2.75) is 32.1 Å². The first-order valence-corrected chi connectivity index (χ1v) is 7.70. The van der Waals surface area contributed by atoms with E-state index in [2.05, 4.69) is 42.6 Å². The molecule has 1 atom stereocenters. The van der Waals surface area contributed by atoms with Crippen LogP contribution in [0.1, 0.15) is 37.7 Å². The van der Waals surface area contributed by atoms with E-state index in [0.717, 1.165) is 32.5 Å². The van der Waals surface area contributed by atoms with E-state index in [1.54, 1.807) is 7.11 Å². The van der Waals surface area contributed by atoms with Crippen molar-refractivity contribution in [3.05, 3.63) is 35.9 Å². The largest absolute Gasteiger partial charge is 0.382 e. The standard InChI is InChI=1S/C17H29NO2/c1-3-11-18-15-17(16-8-5-4-6-9-16)10-7-12-20-14-13-19-2/h4-6,8-9,17-18H,3,7,10-15H2,1-2H3. The van der Waals surface area contributed by atoms with E-state index in [-0.39, 0.29) is 0 Å². The van der Waals surface area contributed by atoms with Gasteiger partial charge in [0.25, 0.3) is 0 Å². The van der Waals surface area contributed by atoms with E-state index in [1.165, 1.54) is 12.0 Å². The van der Waals surface area contributed by atoms with Gasteiger partial charge in [-0.1, -0.05) is 37.3 Å². The lowest BCUT2D eigenvalue weighted by Gasteiger charge is -2.18. The van der Waals surface area contributed by atoms with Crippen molar-refractivity contribution in [2.75, 3.05) is 40.0 Å². The summed E-state index contributed by atoms with van der Waals surface area (Å²) in [5, 5.41) is 3.53. The Balaban J connectivity index is 2.31. The van der Waals surface area contributed by atoms with Gasteiger partial charge in [-0.2, -0.15) is 0 Å². The Morgan fingerprint density at radius 3 is 2.60 bits per heavy atom. The summed E-state index contributed by atoms with van der Waals surface area (Å²) in [6.07, 6.45) is 3.44. The highest BCUT2D eigenvalue weighted by atomic mass is 16.5. The highest BCUT2D eigenvalue weighted by Gasteiger charge is 2.10. The molecule has 0 radical (unpaired) electrons. The van der Waals surface area contributed by atoms with E-state index >= 15 is 0 Å². The molecule has 0 saturated heterocycles. The summed E-state index contributed by atoms with van der Waals surface area (Å²) < 4.78 is 10.5. The second kappa shape index (κ2) is 11.9. The van der Waals surface area contributed by atoms with Gasteiger partial charge in [-0.05, 0) is 37.3 Å². The zero-order valence-corrected chi connectivity index (χ0v) is 12.9. The fraction of sp³-hybridized carbons (Fsp3) is 0.647. The number of hydrogen-bond acceptors (Lipinski definition) is 3. The number of nitrogens with one attached hydrogen (secondary N) is 1. The Hall–Kier alpha value is -0.900. The summed E-state index contributed by atoms with van der Waals surface area (Å²) in [6.45, 7) is 6.54. The summed E-state index contributed by atoms with van der Waals surface area (Å²) in [5.41, 5.74) is 1.42. The van der Waals surface area contributed by atoms with E-state index in [9.17, 15) is 0 Å². The molecule has 0 aliphatic carbocycles. The van der Waals surface area contributed by atoms with Crippen LogP contribution in [0.25, 0.3) is 0 Å². The van der Waals surface area contributed by atoms with Crippen LogP contribution in [0, 0.1) is 0 Å². The Bertz CT molecular complexity index is 316. The minimum absolute atomic E-state index is 0.578. The maximum atomic E-state index is 5.54. The third kappa shape index (κ3) is 7.63. The third-order valence-corrected chi connectivity index (χ3v) is 3.36. The lowest BCUT2D eigenvalue weighted by molar-refractivity contribution is 0.0681. The molecule has 1 rings (SSSR count). The Morgan fingerprint density at radius 2 is 1.90 bits per heavy atom. The van der Waals surface area contributed by atoms with E-state index < -0.39 is 0 Å². The lowest BCUT2D eigenvalue weighted by Crippen LogP contribution is -2.22. The monoisotopic (exact) mass is 279 g/mol. The molecule has 20 heavy (non-hydrogen) atoms. The molecule has 3 heteroatoms. The summed E-state index contributed by atoms with van der Waals surface area (Å²) >= 11 is 0. The molecule has 0 spiro atoms. The molecule has 1 aromatic carbocycles. The van der Waals surface area contributed by atoms with Crippen LogP contribution >= 0.6 is 0 Å². The quantitative estimate of drug-likeness (QED) is 0.596. The summed E-state index contributed by atoms with van der Waals surface area (Å²) in [6, 6.07) is 10.8. The normalized spacial score (nSPS) is 12.5. The average molecular weight is 279 g/mol. The molecule has 1 N–H and O–H groups in total. The van der Waals surface area contributed by atoms with Gasteiger partial charge in [0.15, 0.2) is 0 Å². The summed E-state index contributed by atoms with van der Waals surface area (Å²) in [7, 11) is 1.70. The first-order chi connectivity index (χ1) is 9.88. The molecule has 3 nitrogen and oxygen atoms in total. The first kappa shape index (κ1) is 17.2. The summed E-state index contributed by atoms with van der Waals surface area (Å²) in [5.74, 6) is 0.578. The van der Waals surface area contributed by atoms with Crippen molar-refractivity contribution in [2.24, 2.45) is 0 Å². The van der Waals surface area contributed by atoms with Crippen LogP contribution in [0.15, 0.2) is 30.3 Å². The smallest absolute Gasteiger partial charge is 0.0700 e. The molecule has 0 heterocycles. The van der Waals surface area contributed by atoms with Crippen LogP contribution in [0.5, 0.6) is 0 Å². The predicted octanol–water partition coefficient (Wildman–Crippen LogP) is 3.21. The van der Waals surface area contributed by atoms with Crippen LogP contribution in [-0.4, -0.2) is 40.0 Å². The maximum absolute atomic E-state index is 5.54. The molecule has 1 aromatic rings. The molecule has 0 amide bonds. The molecule has 0 fully saturated rings. The van der Waals surface area contributed by atoms with E-state index in [1.807, 2.05) is 0 Å². The number of ether oxygens (including phenoxy) is 2. The topological polar surface area (TPSA) is 30.5 Å². The zero-order valence-electron chi connectivity index (χ0n) is 12.9. The molecular weight excluding hydrogens is 250 g/mol. The Labute approximate surface area is 123 Å². The van der Waals surface area contributed by atoms with Crippen molar-refractivity contribution in [3.8, 4) is 0 Å². The van der Waals surface area contributed by atoms with Crippen LogP contribution in [0.4, 0.5) is 0 Å². The third-order valence-electron chi connectivity index (χ3n) is 3.36. The second-order valence-corrected chi connectivity index (χ2v) is 5.06. The van der Waals surface area contributed by atoms with Crippen LogP contribution < -0.4 is 5.32 Å². The minimum atomic E-state index is 0.578. The average Bonchev–Trinajstić information content (AvgIpc) is 2.50. The van der Waals surface area contributed by atoms with Gasteiger partial charge in [0.05, 0.1) is 13.2 Å². The first-order valence-electron chi connectivity index (χ1n) is 7.70. The van der Waals surface area contributed by atoms with Gasteiger partial charge in [0, 0.05) is 20.3 Å². The molecule has 1 unspecified atom stereocenters. The highest BCUT2D eigenvalue weighted by Crippen LogP contribution is 2.20. The van der Waals surface area contributed by atoms with Crippen molar-refractivity contribution < 1.29 is 9.47 Å². The molecule has 0 aromatic heterocycles. The fourth-order valence-electron chi connectivity index (χ4n) is 2.24. The van der Waals surface area contributed by atoms with E-state index in [0.29, 0.717) is 19.1 Å². The second-order valence-electron chi connectivity index (χ2n) is 5.06. The highest BCUT2D eigenvalue weighted by molar-refractivity contribution is 5.19. The predicted molar refractivity (Wildman–Crippen MR) is 84.3 cm³/mol. The number of methoxy groups -OCH3 is 1. The van der Waals surface area contributed by atoms with Gasteiger partial charge < -0.3 is 14.8 Å². The lowest BCUT2D eigenvalue weighted by atomic mass is 9.94. The van der Waals surface area contributed by atoms with Crippen molar-refractivity contribution in [1.82, 2.24) is 5.32 Å². The maximum Gasteiger partial charge on any atom is 0.0700 e. The molecule has 114 valence electrons. The number of rotatable bonds is 12.